The molecule has 0 spiro atoms. The molecule has 1 unspecified atom stereocenters. The summed E-state index contributed by atoms with van der Waals surface area (Å²) in [5.41, 5.74) is 0.741. The molecule has 1 fully saturated rings. The first-order valence-electron chi connectivity index (χ1n) is 7.06. The Kier molecular flexibility index (Phi) is 4.71. The summed E-state index contributed by atoms with van der Waals surface area (Å²) in [5.74, 6) is 0.0438. The van der Waals surface area contributed by atoms with Crippen LogP contribution in [0.5, 0.6) is 0 Å². The largest absolute Gasteiger partial charge is 0.366 e. The van der Waals surface area contributed by atoms with E-state index in [9.17, 15) is 4.79 Å². The average Bonchev–Trinajstić information content (AvgIpc) is 2.84. The Morgan fingerprint density at radius 2 is 2.10 bits per heavy atom. The minimum Gasteiger partial charge on any atom is -0.366 e. The van der Waals surface area contributed by atoms with E-state index in [1.807, 2.05) is 49.9 Å². The van der Waals surface area contributed by atoms with Crippen LogP contribution in [0.15, 0.2) is 24.3 Å². The maximum absolute atomic E-state index is 12.3. The second-order valence-corrected chi connectivity index (χ2v) is 6.57. The first-order valence-corrected chi connectivity index (χ1v) is 7.44. The Morgan fingerprint density at radius 1 is 1.40 bits per heavy atom. The van der Waals surface area contributed by atoms with Crippen molar-refractivity contribution in [1.82, 2.24) is 4.90 Å². The molecule has 1 aromatic carbocycles. The minimum absolute atomic E-state index is 0.0438. The molecule has 4 heteroatoms. The van der Waals surface area contributed by atoms with E-state index in [1.54, 1.807) is 0 Å². The number of ether oxygens (including phenoxy) is 1. The van der Waals surface area contributed by atoms with Crippen LogP contribution in [-0.2, 0) is 9.53 Å². The number of nitrogens with zero attached hydrogens (tertiary/aromatic N) is 1. The van der Waals surface area contributed by atoms with Crippen molar-refractivity contribution in [2.45, 2.75) is 45.3 Å². The van der Waals surface area contributed by atoms with Crippen LogP contribution in [0.3, 0.4) is 0 Å². The zero-order valence-electron chi connectivity index (χ0n) is 12.4. The van der Waals surface area contributed by atoms with Crippen LogP contribution in [0, 0.1) is 0 Å². The number of likely N-dealkylation sites (tertiary alicyclic amines) is 1. The molecule has 0 saturated carbocycles. The molecule has 0 bridgehead atoms. The van der Waals surface area contributed by atoms with Crippen LogP contribution in [0.25, 0.3) is 0 Å². The summed E-state index contributed by atoms with van der Waals surface area (Å²) >= 11 is 6.25. The fourth-order valence-electron chi connectivity index (χ4n) is 2.50. The smallest absolute Gasteiger partial charge is 0.249 e. The number of carbonyl (C=O) groups excluding carboxylic acids is 1. The van der Waals surface area contributed by atoms with Gasteiger partial charge >= 0.3 is 0 Å². The molecular formula is C16H22ClNO2. The van der Waals surface area contributed by atoms with Crippen molar-refractivity contribution >= 4 is 17.5 Å². The van der Waals surface area contributed by atoms with E-state index in [4.69, 9.17) is 16.3 Å². The molecule has 1 aliphatic rings. The zero-order valence-corrected chi connectivity index (χ0v) is 13.1. The third kappa shape index (κ3) is 3.74. The summed E-state index contributed by atoms with van der Waals surface area (Å²) in [6.07, 6.45) is 1.97. The Hall–Kier alpha value is -1.06. The Morgan fingerprint density at radius 3 is 2.75 bits per heavy atom. The summed E-state index contributed by atoms with van der Waals surface area (Å²) < 4.78 is 5.59. The number of carbonyl (C=O) groups is 1. The Labute approximate surface area is 125 Å². The first kappa shape index (κ1) is 15.3. The minimum atomic E-state index is -0.296. The van der Waals surface area contributed by atoms with Gasteiger partial charge in [-0.1, -0.05) is 29.8 Å². The van der Waals surface area contributed by atoms with Crippen LogP contribution in [0.4, 0.5) is 0 Å². The van der Waals surface area contributed by atoms with E-state index in [0.29, 0.717) is 0 Å². The molecule has 3 nitrogen and oxygen atoms in total. The lowest BCUT2D eigenvalue weighted by Crippen LogP contribution is -2.36. The van der Waals surface area contributed by atoms with E-state index in [1.165, 1.54) is 0 Å². The third-order valence-electron chi connectivity index (χ3n) is 3.47. The summed E-state index contributed by atoms with van der Waals surface area (Å²) in [7, 11) is 0. The van der Waals surface area contributed by atoms with Gasteiger partial charge in [0.1, 0.15) is 6.61 Å². The van der Waals surface area contributed by atoms with Gasteiger partial charge in [0.2, 0.25) is 5.91 Å². The first-order chi connectivity index (χ1) is 9.38. The molecule has 2 rings (SSSR count). The molecule has 0 aromatic heterocycles. The van der Waals surface area contributed by atoms with Gasteiger partial charge in [-0.25, -0.2) is 0 Å². The highest BCUT2D eigenvalue weighted by molar-refractivity contribution is 6.31. The summed E-state index contributed by atoms with van der Waals surface area (Å²) in [6.45, 7) is 6.77. The van der Waals surface area contributed by atoms with E-state index in [0.717, 1.165) is 30.0 Å². The van der Waals surface area contributed by atoms with Crippen molar-refractivity contribution < 1.29 is 9.53 Å². The number of hydrogen-bond acceptors (Lipinski definition) is 2. The lowest BCUT2D eigenvalue weighted by molar-refractivity contribution is -0.142. The maximum Gasteiger partial charge on any atom is 0.249 e. The van der Waals surface area contributed by atoms with Crippen LogP contribution in [0.1, 0.15) is 45.2 Å². The van der Waals surface area contributed by atoms with Gasteiger partial charge in [-0.15, -0.1) is 0 Å². The molecule has 1 heterocycles. The van der Waals surface area contributed by atoms with Crippen molar-refractivity contribution in [2.24, 2.45) is 0 Å². The lowest BCUT2D eigenvalue weighted by Gasteiger charge is -2.27. The topological polar surface area (TPSA) is 29.5 Å². The van der Waals surface area contributed by atoms with Gasteiger partial charge in [-0.2, -0.15) is 0 Å². The van der Waals surface area contributed by atoms with Gasteiger partial charge in [0.25, 0.3) is 0 Å². The molecule has 20 heavy (non-hydrogen) atoms. The van der Waals surface area contributed by atoms with Crippen molar-refractivity contribution in [3.05, 3.63) is 34.9 Å². The van der Waals surface area contributed by atoms with Crippen molar-refractivity contribution in [3.63, 3.8) is 0 Å². The number of halogens is 1. The fraction of sp³-hybridized carbons (Fsp3) is 0.562. The average molecular weight is 296 g/mol. The van der Waals surface area contributed by atoms with Crippen LogP contribution in [0.2, 0.25) is 5.02 Å². The zero-order chi connectivity index (χ0) is 14.8. The number of amides is 1. The monoisotopic (exact) mass is 295 g/mol. The van der Waals surface area contributed by atoms with E-state index in [2.05, 4.69) is 0 Å². The normalized spacial score (nSPS) is 19.4. The summed E-state index contributed by atoms with van der Waals surface area (Å²) in [5, 5.41) is 0.730. The second kappa shape index (κ2) is 6.15. The van der Waals surface area contributed by atoms with E-state index < -0.39 is 0 Å². The molecular weight excluding hydrogens is 274 g/mol. The summed E-state index contributed by atoms with van der Waals surface area (Å²) in [4.78, 5) is 14.2. The van der Waals surface area contributed by atoms with Crippen molar-refractivity contribution in [3.8, 4) is 0 Å². The van der Waals surface area contributed by atoms with Gasteiger partial charge in [-0.3, -0.25) is 4.79 Å². The molecule has 1 aromatic rings. The second-order valence-electron chi connectivity index (χ2n) is 6.17. The maximum atomic E-state index is 12.3. The third-order valence-corrected chi connectivity index (χ3v) is 3.81. The van der Waals surface area contributed by atoms with Gasteiger partial charge in [-0.05, 0) is 45.2 Å². The molecule has 0 radical (unpaired) electrons. The number of benzene rings is 1. The highest BCUT2D eigenvalue weighted by Crippen LogP contribution is 2.35. The van der Waals surface area contributed by atoms with Crippen LogP contribution < -0.4 is 0 Å². The molecule has 110 valence electrons. The Bertz CT molecular complexity index is 482. The standard InChI is InChI=1S/C16H22ClNO2/c1-16(2,3)20-11-15(19)18-10-6-9-14(18)12-7-4-5-8-13(12)17/h4-5,7-8,14H,6,9-11H2,1-3H3. The van der Waals surface area contributed by atoms with Crippen molar-refractivity contribution in [2.75, 3.05) is 13.2 Å². The van der Waals surface area contributed by atoms with Crippen molar-refractivity contribution in [1.29, 1.82) is 0 Å². The molecule has 0 N–H and O–H groups in total. The van der Waals surface area contributed by atoms with Crippen LogP contribution in [-0.4, -0.2) is 29.6 Å². The number of hydrogen-bond donors (Lipinski definition) is 0. The molecule has 1 amide bonds. The fourth-order valence-corrected chi connectivity index (χ4v) is 2.76. The van der Waals surface area contributed by atoms with Gasteiger partial charge < -0.3 is 9.64 Å². The Balaban J connectivity index is 2.08. The van der Waals surface area contributed by atoms with E-state index >= 15 is 0 Å². The van der Waals surface area contributed by atoms with Gasteiger partial charge in [0, 0.05) is 11.6 Å². The van der Waals surface area contributed by atoms with Gasteiger partial charge in [0.05, 0.1) is 11.6 Å². The highest BCUT2D eigenvalue weighted by atomic mass is 35.5. The highest BCUT2D eigenvalue weighted by Gasteiger charge is 2.31. The molecule has 0 aliphatic carbocycles. The predicted octanol–water partition coefficient (Wildman–Crippen LogP) is 3.82. The quantitative estimate of drug-likeness (QED) is 0.848. The SMILES string of the molecule is CC(C)(C)OCC(=O)N1CCCC1c1ccccc1Cl. The predicted molar refractivity (Wildman–Crippen MR) is 80.8 cm³/mol. The lowest BCUT2D eigenvalue weighted by atomic mass is 10.0. The van der Waals surface area contributed by atoms with E-state index in [-0.39, 0.29) is 24.2 Å². The van der Waals surface area contributed by atoms with Gasteiger partial charge in [0.15, 0.2) is 0 Å². The van der Waals surface area contributed by atoms with Crippen LogP contribution >= 0.6 is 11.6 Å². The molecule has 1 saturated heterocycles. The number of rotatable bonds is 3. The molecule has 1 aliphatic heterocycles. The molecule has 1 atom stereocenters. The summed E-state index contributed by atoms with van der Waals surface area (Å²) in [6, 6.07) is 7.84.